The fourth-order valence-corrected chi connectivity index (χ4v) is 2.90. The molecule has 0 aliphatic heterocycles. The molecule has 0 saturated carbocycles. The third-order valence-corrected chi connectivity index (χ3v) is 3.86. The molecule has 0 heterocycles. The molecule has 1 aliphatic rings. The molecular formula is C16H18O6. The summed E-state index contributed by atoms with van der Waals surface area (Å²) in [6.07, 6.45) is 0. The molecule has 1 atom stereocenters. The number of methoxy groups -OCH3 is 2. The maximum Gasteiger partial charge on any atom is 0.235 e. The van der Waals surface area contributed by atoms with E-state index in [0.717, 1.165) is 0 Å². The van der Waals surface area contributed by atoms with Crippen molar-refractivity contribution in [3.05, 3.63) is 39.8 Å². The molecule has 0 bridgehead atoms. The number of carbonyl (C=O) groups excluding carboxylic acids is 2. The molecule has 118 valence electrons. The van der Waals surface area contributed by atoms with Crippen molar-refractivity contribution >= 4 is 11.6 Å². The minimum Gasteiger partial charge on any atom is -0.506 e. The lowest BCUT2D eigenvalue weighted by atomic mass is 9.79. The molecule has 1 unspecified atom stereocenters. The minimum atomic E-state index is -1.67. The van der Waals surface area contributed by atoms with Crippen molar-refractivity contribution in [2.45, 2.75) is 26.4 Å². The molecule has 0 amide bonds. The van der Waals surface area contributed by atoms with Gasteiger partial charge in [-0.05, 0) is 26.3 Å². The van der Waals surface area contributed by atoms with Crippen LogP contribution in [0.1, 0.15) is 45.7 Å². The van der Waals surface area contributed by atoms with Crippen molar-refractivity contribution in [2.24, 2.45) is 0 Å². The van der Waals surface area contributed by atoms with Gasteiger partial charge >= 0.3 is 0 Å². The summed E-state index contributed by atoms with van der Waals surface area (Å²) in [6.45, 7) is 4.36. The van der Waals surface area contributed by atoms with Gasteiger partial charge < -0.3 is 19.7 Å². The summed E-state index contributed by atoms with van der Waals surface area (Å²) in [5, 5.41) is 21.2. The number of aryl methyl sites for hydroxylation is 1. The number of aromatic hydroxyl groups is 1. The Balaban J connectivity index is 2.91. The fraction of sp³-hybridized carbons (Fsp3) is 0.375. The van der Waals surface area contributed by atoms with Gasteiger partial charge in [0.2, 0.25) is 11.5 Å². The fourth-order valence-electron chi connectivity index (χ4n) is 2.90. The zero-order chi connectivity index (χ0) is 16.8. The lowest BCUT2D eigenvalue weighted by Gasteiger charge is -2.33. The molecule has 6 heteroatoms. The first-order chi connectivity index (χ1) is 10.2. The van der Waals surface area contributed by atoms with Gasteiger partial charge in [0.05, 0.1) is 25.3 Å². The van der Waals surface area contributed by atoms with Crippen LogP contribution in [-0.4, -0.2) is 36.0 Å². The number of ether oxygens (including phenoxy) is 2. The van der Waals surface area contributed by atoms with Gasteiger partial charge in [0.25, 0.3) is 0 Å². The maximum atomic E-state index is 12.6. The molecule has 22 heavy (non-hydrogen) atoms. The molecule has 6 nitrogen and oxygen atoms in total. The van der Waals surface area contributed by atoms with E-state index in [0.29, 0.717) is 5.56 Å². The lowest BCUT2D eigenvalue weighted by Crippen LogP contribution is -2.35. The zero-order valence-electron chi connectivity index (χ0n) is 13.1. The van der Waals surface area contributed by atoms with Gasteiger partial charge in [0.1, 0.15) is 11.4 Å². The molecular weight excluding hydrogens is 288 g/mol. The number of phenolic OH excluding ortho intramolecular Hbond substituents is 1. The van der Waals surface area contributed by atoms with Crippen molar-refractivity contribution in [1.29, 1.82) is 0 Å². The number of carbonyl (C=O) groups is 2. The highest BCUT2D eigenvalue weighted by molar-refractivity contribution is 6.14. The van der Waals surface area contributed by atoms with E-state index < -0.39 is 17.1 Å². The van der Waals surface area contributed by atoms with Crippen LogP contribution in [-0.2, 0) is 15.1 Å². The van der Waals surface area contributed by atoms with Gasteiger partial charge in [0, 0.05) is 5.56 Å². The van der Waals surface area contributed by atoms with Crippen LogP contribution in [0, 0.1) is 6.92 Å². The van der Waals surface area contributed by atoms with Crippen molar-refractivity contribution in [1.82, 2.24) is 0 Å². The van der Waals surface area contributed by atoms with Crippen molar-refractivity contribution in [3.8, 4) is 5.75 Å². The molecule has 2 N–H and O–H groups in total. The summed E-state index contributed by atoms with van der Waals surface area (Å²) in [6, 6.07) is 1.51. The van der Waals surface area contributed by atoms with E-state index in [9.17, 15) is 19.8 Å². The normalized spacial score (nSPS) is 20.7. The number of fused-ring (bicyclic) bond motifs is 1. The molecule has 2 rings (SSSR count). The number of phenols is 1. The molecule has 1 aromatic rings. The van der Waals surface area contributed by atoms with Gasteiger partial charge in [-0.15, -0.1) is 0 Å². The molecule has 1 aromatic carbocycles. The lowest BCUT2D eigenvalue weighted by molar-refractivity contribution is 0.0180. The number of ketones is 2. The number of rotatable bonds is 3. The highest BCUT2D eigenvalue weighted by Crippen LogP contribution is 2.44. The van der Waals surface area contributed by atoms with Gasteiger partial charge in [0.15, 0.2) is 11.5 Å². The smallest absolute Gasteiger partial charge is 0.235 e. The third kappa shape index (κ3) is 1.99. The first kappa shape index (κ1) is 16.0. The minimum absolute atomic E-state index is 0.0399. The van der Waals surface area contributed by atoms with Crippen LogP contribution in [0.3, 0.4) is 0 Å². The highest BCUT2D eigenvalue weighted by Gasteiger charge is 2.45. The predicted molar refractivity (Wildman–Crippen MR) is 77.8 cm³/mol. The Morgan fingerprint density at radius 2 is 1.86 bits per heavy atom. The topological polar surface area (TPSA) is 93.1 Å². The van der Waals surface area contributed by atoms with E-state index >= 15 is 0 Å². The summed E-state index contributed by atoms with van der Waals surface area (Å²) in [4.78, 5) is 24.3. The van der Waals surface area contributed by atoms with E-state index in [1.165, 1.54) is 34.1 Å². The van der Waals surface area contributed by atoms with Gasteiger partial charge in [-0.25, -0.2) is 0 Å². The van der Waals surface area contributed by atoms with Crippen molar-refractivity contribution in [2.75, 3.05) is 14.2 Å². The summed E-state index contributed by atoms with van der Waals surface area (Å²) >= 11 is 0. The van der Waals surface area contributed by atoms with Gasteiger partial charge in [-0.2, -0.15) is 0 Å². The summed E-state index contributed by atoms with van der Waals surface area (Å²) in [5.41, 5.74) is -1.11. The Morgan fingerprint density at radius 3 is 2.32 bits per heavy atom. The Kier molecular flexibility index (Phi) is 3.74. The summed E-state index contributed by atoms with van der Waals surface area (Å²) in [5.74, 6) is -1.69. The Morgan fingerprint density at radius 1 is 1.27 bits per heavy atom. The van der Waals surface area contributed by atoms with Crippen LogP contribution >= 0.6 is 0 Å². The second-order valence-electron chi connectivity index (χ2n) is 5.36. The SMILES string of the molecule is COC1=C(OC)C(C)(O)c2cc(C)c(C(C)=O)c(O)c2C1=O. The second kappa shape index (κ2) is 5.14. The molecule has 0 aromatic heterocycles. The maximum absolute atomic E-state index is 12.6. The highest BCUT2D eigenvalue weighted by atomic mass is 16.5. The quantitative estimate of drug-likeness (QED) is 0.827. The summed E-state index contributed by atoms with van der Waals surface area (Å²) in [7, 11) is 2.59. The number of hydrogen-bond acceptors (Lipinski definition) is 6. The van der Waals surface area contributed by atoms with E-state index in [1.54, 1.807) is 6.92 Å². The van der Waals surface area contributed by atoms with E-state index in [1.807, 2.05) is 0 Å². The Labute approximate surface area is 128 Å². The molecule has 0 radical (unpaired) electrons. The van der Waals surface area contributed by atoms with Crippen LogP contribution in [0.5, 0.6) is 5.75 Å². The Hall–Kier alpha value is -2.34. The average molecular weight is 306 g/mol. The predicted octanol–water partition coefficient (Wildman–Crippen LogP) is 1.81. The van der Waals surface area contributed by atoms with Gasteiger partial charge in [-0.1, -0.05) is 6.07 Å². The number of Topliss-reactive ketones (excluding diaryl/α,β-unsaturated/α-hetero) is 2. The van der Waals surface area contributed by atoms with Crippen LogP contribution in [0.15, 0.2) is 17.6 Å². The van der Waals surface area contributed by atoms with Crippen molar-refractivity contribution < 1.29 is 29.3 Å². The zero-order valence-corrected chi connectivity index (χ0v) is 13.1. The van der Waals surface area contributed by atoms with Crippen LogP contribution in [0.2, 0.25) is 0 Å². The van der Waals surface area contributed by atoms with Crippen LogP contribution < -0.4 is 0 Å². The number of hydrogen-bond donors (Lipinski definition) is 2. The number of allylic oxidation sites excluding steroid dienone is 1. The first-order valence-corrected chi connectivity index (χ1v) is 6.66. The number of benzene rings is 1. The monoisotopic (exact) mass is 306 g/mol. The largest absolute Gasteiger partial charge is 0.506 e. The molecule has 1 aliphatic carbocycles. The van der Waals surface area contributed by atoms with Crippen LogP contribution in [0.4, 0.5) is 0 Å². The average Bonchev–Trinajstić information content (AvgIpc) is 2.41. The summed E-state index contributed by atoms with van der Waals surface area (Å²) < 4.78 is 10.2. The van der Waals surface area contributed by atoms with E-state index in [-0.39, 0.29) is 34.0 Å². The van der Waals surface area contributed by atoms with Gasteiger partial charge in [-0.3, -0.25) is 9.59 Å². The van der Waals surface area contributed by atoms with Crippen molar-refractivity contribution in [3.63, 3.8) is 0 Å². The molecule has 0 saturated heterocycles. The standard InChI is InChI=1S/C16H18O6/c1-7-6-9-11(12(18)10(7)8(2)17)13(19)14(21-4)15(22-5)16(9,3)20/h6,18,20H,1-5H3. The number of aliphatic hydroxyl groups is 1. The Bertz CT molecular complexity index is 712. The first-order valence-electron chi connectivity index (χ1n) is 6.66. The second-order valence-corrected chi connectivity index (χ2v) is 5.36. The molecule has 0 fully saturated rings. The van der Waals surface area contributed by atoms with E-state index in [4.69, 9.17) is 9.47 Å². The van der Waals surface area contributed by atoms with Crippen LogP contribution in [0.25, 0.3) is 0 Å². The third-order valence-electron chi connectivity index (χ3n) is 3.86. The molecule has 0 spiro atoms. The van der Waals surface area contributed by atoms with E-state index in [2.05, 4.69) is 0 Å².